The van der Waals surface area contributed by atoms with E-state index in [1.165, 1.54) is 0 Å². The van der Waals surface area contributed by atoms with Crippen molar-refractivity contribution in [3.05, 3.63) is 0 Å². The van der Waals surface area contributed by atoms with Crippen LogP contribution in [0.5, 0.6) is 0 Å². The van der Waals surface area contributed by atoms with Gasteiger partial charge in [0, 0.05) is 19.6 Å². The molecule has 1 atom stereocenters. The van der Waals surface area contributed by atoms with Gasteiger partial charge in [0.1, 0.15) is 11.6 Å². The van der Waals surface area contributed by atoms with Crippen molar-refractivity contribution in [2.75, 3.05) is 19.6 Å². The molecular weight excluding hydrogens is 268 g/mol. The van der Waals surface area contributed by atoms with Crippen LogP contribution in [0.15, 0.2) is 0 Å². The second-order valence-corrected chi connectivity index (χ2v) is 7.34. The van der Waals surface area contributed by atoms with Gasteiger partial charge in [-0.1, -0.05) is 6.92 Å². The number of hydrogen-bond donors (Lipinski definition) is 0. The average molecular weight is 296 g/mol. The molecule has 0 unspecified atom stereocenters. The fourth-order valence-corrected chi connectivity index (χ4v) is 3.00. The van der Waals surface area contributed by atoms with Crippen molar-refractivity contribution in [2.24, 2.45) is 5.92 Å². The van der Waals surface area contributed by atoms with Crippen LogP contribution in [0, 0.1) is 5.92 Å². The van der Waals surface area contributed by atoms with E-state index in [1.807, 2.05) is 25.7 Å². The second kappa shape index (κ2) is 6.24. The normalized spacial score (nSPS) is 24.3. The van der Waals surface area contributed by atoms with Crippen molar-refractivity contribution >= 4 is 12.0 Å². The van der Waals surface area contributed by atoms with E-state index < -0.39 is 5.60 Å². The first-order valence-corrected chi connectivity index (χ1v) is 8.06. The number of carbonyl (C=O) groups is 2. The van der Waals surface area contributed by atoms with Gasteiger partial charge in [0.2, 0.25) is 5.91 Å². The highest BCUT2D eigenvalue weighted by Crippen LogP contribution is 2.24. The van der Waals surface area contributed by atoms with E-state index in [0.29, 0.717) is 12.5 Å². The van der Waals surface area contributed by atoms with Crippen LogP contribution in [0.2, 0.25) is 0 Å². The molecule has 0 aromatic rings. The molecule has 0 bridgehead atoms. The quantitative estimate of drug-likeness (QED) is 0.747. The van der Waals surface area contributed by atoms with E-state index >= 15 is 0 Å². The standard InChI is InChI=1S/C16H28N2O3/c1-12-7-10-17(11-8-12)14(19)13-6-5-9-18(13)15(20)21-16(2,3)4/h12-13H,5-11H2,1-4H3/t13-/m1/s1. The van der Waals surface area contributed by atoms with Gasteiger partial charge in [0.05, 0.1) is 0 Å². The van der Waals surface area contributed by atoms with Crippen molar-refractivity contribution < 1.29 is 14.3 Å². The molecule has 2 amide bonds. The third-order valence-corrected chi connectivity index (χ3v) is 4.26. The smallest absolute Gasteiger partial charge is 0.410 e. The predicted octanol–water partition coefficient (Wildman–Crippen LogP) is 2.64. The number of ether oxygens (including phenoxy) is 1. The third-order valence-electron chi connectivity index (χ3n) is 4.26. The number of hydrogen-bond acceptors (Lipinski definition) is 3. The summed E-state index contributed by atoms with van der Waals surface area (Å²) < 4.78 is 5.42. The van der Waals surface area contributed by atoms with E-state index in [0.717, 1.165) is 38.8 Å². The van der Waals surface area contributed by atoms with Crippen LogP contribution in [0.3, 0.4) is 0 Å². The van der Waals surface area contributed by atoms with Gasteiger partial charge in [-0.2, -0.15) is 0 Å². The molecule has 120 valence electrons. The number of carbonyl (C=O) groups excluding carboxylic acids is 2. The maximum Gasteiger partial charge on any atom is 0.410 e. The zero-order valence-electron chi connectivity index (χ0n) is 13.7. The fourth-order valence-electron chi connectivity index (χ4n) is 3.00. The van der Waals surface area contributed by atoms with E-state index in [-0.39, 0.29) is 18.0 Å². The number of piperidine rings is 1. The molecule has 2 fully saturated rings. The maximum atomic E-state index is 12.7. The van der Waals surface area contributed by atoms with Gasteiger partial charge in [-0.25, -0.2) is 4.79 Å². The number of amides is 2. The minimum atomic E-state index is -0.520. The molecule has 2 heterocycles. The zero-order chi connectivity index (χ0) is 15.6. The highest BCUT2D eigenvalue weighted by atomic mass is 16.6. The van der Waals surface area contributed by atoms with E-state index in [2.05, 4.69) is 6.92 Å². The van der Waals surface area contributed by atoms with Crippen molar-refractivity contribution in [3.63, 3.8) is 0 Å². The Morgan fingerprint density at radius 1 is 1.05 bits per heavy atom. The number of nitrogens with zero attached hydrogens (tertiary/aromatic N) is 2. The molecule has 0 aliphatic carbocycles. The summed E-state index contributed by atoms with van der Waals surface area (Å²) in [5.41, 5.74) is -0.520. The van der Waals surface area contributed by atoms with Crippen LogP contribution in [0.4, 0.5) is 4.79 Å². The molecule has 0 radical (unpaired) electrons. The van der Waals surface area contributed by atoms with Gasteiger partial charge in [-0.3, -0.25) is 9.69 Å². The lowest BCUT2D eigenvalue weighted by Crippen LogP contribution is -2.50. The molecule has 2 saturated heterocycles. The van der Waals surface area contributed by atoms with Crippen molar-refractivity contribution in [1.29, 1.82) is 0 Å². The van der Waals surface area contributed by atoms with Crippen molar-refractivity contribution in [1.82, 2.24) is 9.80 Å². The largest absolute Gasteiger partial charge is 0.444 e. The Labute approximate surface area is 127 Å². The molecule has 5 heteroatoms. The Balaban J connectivity index is 1.98. The molecule has 0 saturated carbocycles. The summed E-state index contributed by atoms with van der Waals surface area (Å²) in [6, 6.07) is -0.326. The summed E-state index contributed by atoms with van der Waals surface area (Å²) in [4.78, 5) is 28.4. The van der Waals surface area contributed by atoms with Gasteiger partial charge in [0.25, 0.3) is 0 Å². The molecule has 0 aromatic heterocycles. The summed E-state index contributed by atoms with van der Waals surface area (Å²) >= 11 is 0. The molecule has 2 aliphatic heterocycles. The SMILES string of the molecule is CC1CCN(C(=O)[C@H]2CCCN2C(=O)OC(C)(C)C)CC1. The Morgan fingerprint density at radius 3 is 2.24 bits per heavy atom. The first-order chi connectivity index (χ1) is 9.78. The Morgan fingerprint density at radius 2 is 1.67 bits per heavy atom. The highest BCUT2D eigenvalue weighted by Gasteiger charge is 2.39. The third kappa shape index (κ3) is 4.11. The monoisotopic (exact) mass is 296 g/mol. The van der Waals surface area contributed by atoms with Crippen LogP contribution < -0.4 is 0 Å². The molecular formula is C16H28N2O3. The van der Waals surface area contributed by atoms with E-state index in [1.54, 1.807) is 4.90 Å². The summed E-state index contributed by atoms with van der Waals surface area (Å²) in [7, 11) is 0. The first kappa shape index (κ1) is 16.1. The molecule has 0 spiro atoms. The van der Waals surface area contributed by atoms with Crippen LogP contribution >= 0.6 is 0 Å². The number of likely N-dealkylation sites (tertiary alicyclic amines) is 2. The summed E-state index contributed by atoms with van der Waals surface area (Å²) in [5.74, 6) is 0.796. The van der Waals surface area contributed by atoms with Gasteiger partial charge in [-0.15, -0.1) is 0 Å². The summed E-state index contributed by atoms with van der Waals surface area (Å²) in [5, 5.41) is 0. The van der Waals surface area contributed by atoms with Gasteiger partial charge in [-0.05, 0) is 52.4 Å². The Bertz CT molecular complexity index is 395. The first-order valence-electron chi connectivity index (χ1n) is 8.06. The molecule has 0 aromatic carbocycles. The van der Waals surface area contributed by atoms with Crippen LogP contribution in [-0.2, 0) is 9.53 Å². The molecule has 21 heavy (non-hydrogen) atoms. The minimum absolute atomic E-state index is 0.102. The maximum absolute atomic E-state index is 12.7. The van der Waals surface area contributed by atoms with Gasteiger partial charge < -0.3 is 9.64 Å². The van der Waals surface area contributed by atoms with Gasteiger partial charge in [0.15, 0.2) is 0 Å². The van der Waals surface area contributed by atoms with E-state index in [4.69, 9.17) is 4.74 Å². The molecule has 5 nitrogen and oxygen atoms in total. The number of rotatable bonds is 1. The van der Waals surface area contributed by atoms with Crippen LogP contribution in [0.25, 0.3) is 0 Å². The summed E-state index contributed by atoms with van der Waals surface area (Å²) in [6.07, 6.45) is 3.39. The fraction of sp³-hybridized carbons (Fsp3) is 0.875. The minimum Gasteiger partial charge on any atom is -0.444 e. The van der Waals surface area contributed by atoms with Crippen molar-refractivity contribution in [2.45, 2.75) is 65.0 Å². The molecule has 2 aliphatic rings. The van der Waals surface area contributed by atoms with Crippen molar-refractivity contribution in [3.8, 4) is 0 Å². The zero-order valence-corrected chi connectivity index (χ0v) is 13.7. The van der Waals surface area contributed by atoms with E-state index in [9.17, 15) is 9.59 Å². The molecule has 2 rings (SSSR count). The average Bonchev–Trinajstić information content (AvgIpc) is 2.86. The lowest BCUT2D eigenvalue weighted by atomic mass is 9.98. The second-order valence-electron chi connectivity index (χ2n) is 7.34. The Hall–Kier alpha value is -1.26. The highest BCUT2D eigenvalue weighted by molar-refractivity contribution is 5.86. The predicted molar refractivity (Wildman–Crippen MR) is 80.9 cm³/mol. The summed E-state index contributed by atoms with van der Waals surface area (Å²) in [6.45, 7) is 10.0. The lowest BCUT2D eigenvalue weighted by molar-refractivity contribution is -0.137. The van der Waals surface area contributed by atoms with Gasteiger partial charge >= 0.3 is 6.09 Å². The van der Waals surface area contributed by atoms with Crippen LogP contribution in [-0.4, -0.2) is 53.1 Å². The lowest BCUT2D eigenvalue weighted by Gasteiger charge is -2.35. The topological polar surface area (TPSA) is 49.9 Å². The van der Waals surface area contributed by atoms with Crippen LogP contribution in [0.1, 0.15) is 53.4 Å². The Kier molecular flexibility index (Phi) is 4.79. The molecule has 0 N–H and O–H groups in total.